The molecule has 0 aromatic heterocycles. The topological polar surface area (TPSA) is 26.3 Å². The minimum Gasteiger partial charge on any atom is -0.461 e. The molecule has 1 saturated carbocycles. The van der Waals surface area contributed by atoms with Gasteiger partial charge in [0.05, 0.1) is 5.25 Å². The van der Waals surface area contributed by atoms with Crippen LogP contribution >= 0.6 is 12.6 Å². The highest BCUT2D eigenvalue weighted by atomic mass is 32.1. The second-order valence-electron chi connectivity index (χ2n) is 5.48. The van der Waals surface area contributed by atoms with Crippen LogP contribution in [0.25, 0.3) is 0 Å². The molecule has 94 valence electrons. The Balaban J connectivity index is 2.61. The minimum absolute atomic E-state index is 0.103. The van der Waals surface area contributed by atoms with Gasteiger partial charge in [-0.05, 0) is 37.5 Å². The largest absolute Gasteiger partial charge is 0.461 e. The fraction of sp³-hybridized carbons (Fsp3) is 0.923. The van der Waals surface area contributed by atoms with E-state index in [4.69, 9.17) is 4.74 Å². The molecular weight excluding hydrogens is 220 g/mol. The molecule has 16 heavy (non-hydrogen) atoms. The standard InChI is InChI=1S/C13H24O2S/c1-8(2)11-6-5-9(3)7-12(11)15-13(14)10(4)16/h8-12,16H,5-7H2,1-4H3. The van der Waals surface area contributed by atoms with Crippen LogP contribution in [-0.2, 0) is 9.53 Å². The van der Waals surface area contributed by atoms with Gasteiger partial charge in [-0.3, -0.25) is 4.79 Å². The predicted molar refractivity (Wildman–Crippen MR) is 69.7 cm³/mol. The Morgan fingerprint density at radius 1 is 1.31 bits per heavy atom. The lowest BCUT2D eigenvalue weighted by Crippen LogP contribution is -2.37. The molecule has 1 rings (SSSR count). The Morgan fingerprint density at radius 2 is 1.94 bits per heavy atom. The van der Waals surface area contributed by atoms with Crippen LogP contribution < -0.4 is 0 Å². The van der Waals surface area contributed by atoms with Crippen molar-refractivity contribution in [1.29, 1.82) is 0 Å². The predicted octanol–water partition coefficient (Wildman–Crippen LogP) is 3.31. The molecule has 0 aliphatic heterocycles. The van der Waals surface area contributed by atoms with Gasteiger partial charge in [0.15, 0.2) is 0 Å². The highest BCUT2D eigenvalue weighted by Gasteiger charge is 2.33. The van der Waals surface area contributed by atoms with Gasteiger partial charge in [-0.15, -0.1) is 0 Å². The van der Waals surface area contributed by atoms with E-state index in [0.717, 1.165) is 6.42 Å². The average Bonchev–Trinajstić information content (AvgIpc) is 2.16. The van der Waals surface area contributed by atoms with Crippen LogP contribution in [0.5, 0.6) is 0 Å². The maximum atomic E-state index is 11.6. The Kier molecular flexibility index (Phi) is 5.16. The summed E-state index contributed by atoms with van der Waals surface area (Å²) in [7, 11) is 0. The summed E-state index contributed by atoms with van der Waals surface area (Å²) in [6, 6.07) is 0. The summed E-state index contributed by atoms with van der Waals surface area (Å²) < 4.78 is 5.58. The Bertz CT molecular complexity index is 238. The lowest BCUT2D eigenvalue weighted by atomic mass is 9.75. The molecule has 1 aliphatic carbocycles. The molecule has 4 atom stereocenters. The third-order valence-electron chi connectivity index (χ3n) is 3.57. The van der Waals surface area contributed by atoms with Crippen molar-refractivity contribution >= 4 is 18.6 Å². The van der Waals surface area contributed by atoms with Crippen LogP contribution in [0.2, 0.25) is 0 Å². The molecule has 0 N–H and O–H groups in total. The van der Waals surface area contributed by atoms with Gasteiger partial charge in [-0.1, -0.05) is 27.2 Å². The van der Waals surface area contributed by atoms with E-state index >= 15 is 0 Å². The van der Waals surface area contributed by atoms with Crippen molar-refractivity contribution in [3.63, 3.8) is 0 Å². The van der Waals surface area contributed by atoms with E-state index in [1.165, 1.54) is 12.8 Å². The lowest BCUT2D eigenvalue weighted by molar-refractivity contribution is -0.154. The number of ether oxygens (including phenoxy) is 1. The molecule has 0 saturated heterocycles. The summed E-state index contributed by atoms with van der Waals surface area (Å²) in [5.74, 6) is 1.60. The number of hydrogen-bond donors (Lipinski definition) is 1. The molecule has 0 spiro atoms. The summed E-state index contributed by atoms with van der Waals surface area (Å²) in [5.41, 5.74) is 0. The van der Waals surface area contributed by atoms with Gasteiger partial charge in [-0.25, -0.2) is 0 Å². The second kappa shape index (κ2) is 5.95. The zero-order valence-corrected chi connectivity index (χ0v) is 11.7. The molecule has 0 bridgehead atoms. The summed E-state index contributed by atoms with van der Waals surface area (Å²) in [6.45, 7) is 8.43. The number of carbonyl (C=O) groups is 1. The van der Waals surface area contributed by atoms with Gasteiger partial charge in [-0.2, -0.15) is 12.6 Å². The summed E-state index contributed by atoms with van der Waals surface area (Å²) in [5, 5.41) is -0.315. The van der Waals surface area contributed by atoms with Gasteiger partial charge in [0.1, 0.15) is 6.10 Å². The first kappa shape index (κ1) is 13.9. The third kappa shape index (κ3) is 3.69. The van der Waals surface area contributed by atoms with Crippen LogP contribution in [0, 0.1) is 17.8 Å². The van der Waals surface area contributed by atoms with E-state index in [1.54, 1.807) is 6.92 Å². The molecule has 1 aliphatic rings. The molecule has 0 amide bonds. The Hall–Kier alpha value is -0.180. The summed E-state index contributed by atoms with van der Waals surface area (Å²) in [4.78, 5) is 11.6. The zero-order chi connectivity index (χ0) is 12.3. The molecule has 3 heteroatoms. The van der Waals surface area contributed by atoms with Crippen molar-refractivity contribution in [3.05, 3.63) is 0 Å². The van der Waals surface area contributed by atoms with Crippen molar-refractivity contribution < 1.29 is 9.53 Å². The highest BCUT2D eigenvalue weighted by Crippen LogP contribution is 2.35. The molecule has 4 unspecified atom stereocenters. The zero-order valence-electron chi connectivity index (χ0n) is 10.8. The van der Waals surface area contributed by atoms with Crippen molar-refractivity contribution in [2.75, 3.05) is 0 Å². The summed E-state index contributed by atoms with van der Waals surface area (Å²) in [6.07, 6.45) is 3.55. The first-order valence-corrected chi connectivity index (χ1v) is 6.82. The van der Waals surface area contributed by atoms with E-state index in [1.807, 2.05) is 0 Å². The van der Waals surface area contributed by atoms with Gasteiger partial charge < -0.3 is 4.74 Å². The normalized spacial score (nSPS) is 32.5. The number of rotatable bonds is 3. The molecular formula is C13H24O2S. The van der Waals surface area contributed by atoms with Crippen molar-refractivity contribution in [1.82, 2.24) is 0 Å². The minimum atomic E-state index is -0.315. The second-order valence-corrected chi connectivity index (χ2v) is 6.25. The van der Waals surface area contributed by atoms with Crippen LogP contribution in [0.1, 0.15) is 47.0 Å². The van der Waals surface area contributed by atoms with E-state index in [0.29, 0.717) is 17.8 Å². The first-order chi connectivity index (χ1) is 7.41. The molecule has 0 aromatic carbocycles. The average molecular weight is 244 g/mol. The third-order valence-corrected chi connectivity index (χ3v) is 3.78. The number of carbonyl (C=O) groups excluding carboxylic acids is 1. The lowest BCUT2D eigenvalue weighted by Gasteiger charge is -2.36. The number of thiol groups is 1. The molecule has 0 heterocycles. The van der Waals surface area contributed by atoms with E-state index in [9.17, 15) is 4.79 Å². The van der Waals surface area contributed by atoms with Crippen LogP contribution in [-0.4, -0.2) is 17.3 Å². The van der Waals surface area contributed by atoms with Crippen LogP contribution in [0.4, 0.5) is 0 Å². The van der Waals surface area contributed by atoms with E-state index < -0.39 is 0 Å². The maximum absolute atomic E-state index is 11.6. The Labute approximate surface area is 105 Å². The van der Waals surface area contributed by atoms with Gasteiger partial charge >= 0.3 is 5.97 Å². The Morgan fingerprint density at radius 3 is 2.44 bits per heavy atom. The molecule has 0 radical (unpaired) electrons. The fourth-order valence-electron chi connectivity index (χ4n) is 2.50. The van der Waals surface area contributed by atoms with Crippen molar-refractivity contribution in [2.45, 2.75) is 58.3 Å². The SMILES string of the molecule is CC1CCC(C(C)C)C(OC(=O)C(C)S)C1. The monoisotopic (exact) mass is 244 g/mol. The van der Waals surface area contributed by atoms with Crippen LogP contribution in [0.3, 0.4) is 0 Å². The maximum Gasteiger partial charge on any atom is 0.318 e. The molecule has 1 fully saturated rings. The highest BCUT2D eigenvalue weighted by molar-refractivity contribution is 7.81. The van der Waals surface area contributed by atoms with E-state index in [-0.39, 0.29) is 17.3 Å². The van der Waals surface area contributed by atoms with Gasteiger partial charge in [0.2, 0.25) is 0 Å². The van der Waals surface area contributed by atoms with Crippen LogP contribution in [0.15, 0.2) is 0 Å². The van der Waals surface area contributed by atoms with Gasteiger partial charge in [0, 0.05) is 0 Å². The van der Waals surface area contributed by atoms with Gasteiger partial charge in [0.25, 0.3) is 0 Å². The number of hydrogen-bond acceptors (Lipinski definition) is 3. The smallest absolute Gasteiger partial charge is 0.318 e. The fourth-order valence-corrected chi connectivity index (χ4v) is 2.56. The van der Waals surface area contributed by atoms with Crippen molar-refractivity contribution in [2.24, 2.45) is 17.8 Å². The molecule has 2 nitrogen and oxygen atoms in total. The quantitative estimate of drug-likeness (QED) is 0.609. The van der Waals surface area contributed by atoms with E-state index in [2.05, 4.69) is 33.4 Å². The number of esters is 1. The van der Waals surface area contributed by atoms with Crippen molar-refractivity contribution in [3.8, 4) is 0 Å². The first-order valence-electron chi connectivity index (χ1n) is 6.30. The molecule has 0 aromatic rings. The summed E-state index contributed by atoms with van der Waals surface area (Å²) >= 11 is 4.12.